The Morgan fingerprint density at radius 3 is 2.78 bits per heavy atom. The summed E-state index contributed by atoms with van der Waals surface area (Å²) in [5.74, 6) is 0. The molecule has 0 aliphatic carbocycles. The number of fused-ring (bicyclic) bond motifs is 1. The summed E-state index contributed by atoms with van der Waals surface area (Å²) >= 11 is 3.94. The van der Waals surface area contributed by atoms with Crippen molar-refractivity contribution in [3.8, 4) is 0 Å². The van der Waals surface area contributed by atoms with Gasteiger partial charge in [-0.3, -0.25) is 5.32 Å². The molecule has 18 heavy (non-hydrogen) atoms. The van der Waals surface area contributed by atoms with Gasteiger partial charge >= 0.3 is 6.09 Å². The minimum Gasteiger partial charge on any atom is -0.444 e. The minimum absolute atomic E-state index is 0.419. The van der Waals surface area contributed by atoms with Crippen LogP contribution in [0.3, 0.4) is 0 Å². The number of hydrogen-bond acceptors (Lipinski definition) is 3. The van der Waals surface area contributed by atoms with Gasteiger partial charge in [-0.05, 0) is 55.5 Å². The van der Waals surface area contributed by atoms with E-state index in [9.17, 15) is 4.79 Å². The molecule has 5 heteroatoms. The van der Waals surface area contributed by atoms with Gasteiger partial charge in [0.05, 0.1) is 5.69 Å². The molecule has 96 valence electrons. The van der Waals surface area contributed by atoms with E-state index < -0.39 is 11.7 Å². The smallest absolute Gasteiger partial charge is 0.412 e. The van der Waals surface area contributed by atoms with Crippen LogP contribution in [0, 0.1) is 3.57 Å². The molecular formula is C13H14INO2S. The van der Waals surface area contributed by atoms with Gasteiger partial charge in [-0.15, -0.1) is 11.3 Å². The van der Waals surface area contributed by atoms with E-state index in [1.165, 1.54) is 0 Å². The topological polar surface area (TPSA) is 38.3 Å². The Balaban J connectivity index is 2.27. The highest BCUT2D eigenvalue weighted by atomic mass is 127. The predicted octanol–water partition coefficient (Wildman–Crippen LogP) is 4.85. The summed E-state index contributed by atoms with van der Waals surface area (Å²) in [6.45, 7) is 5.55. The van der Waals surface area contributed by atoms with E-state index in [2.05, 4.69) is 33.3 Å². The van der Waals surface area contributed by atoms with Crippen molar-refractivity contribution >= 4 is 55.8 Å². The van der Waals surface area contributed by atoms with Gasteiger partial charge in [0.1, 0.15) is 5.60 Å². The van der Waals surface area contributed by atoms with Gasteiger partial charge < -0.3 is 4.74 Å². The number of ether oxygens (including phenoxy) is 1. The summed E-state index contributed by atoms with van der Waals surface area (Å²) in [6.07, 6.45) is -0.419. The summed E-state index contributed by atoms with van der Waals surface area (Å²) in [7, 11) is 0. The van der Waals surface area contributed by atoms with Crippen molar-refractivity contribution in [1.29, 1.82) is 0 Å². The van der Waals surface area contributed by atoms with Crippen LogP contribution in [0.5, 0.6) is 0 Å². The lowest BCUT2D eigenvalue weighted by atomic mass is 10.2. The van der Waals surface area contributed by atoms with E-state index in [-0.39, 0.29) is 0 Å². The van der Waals surface area contributed by atoms with Crippen LogP contribution in [0.25, 0.3) is 10.1 Å². The van der Waals surface area contributed by atoms with Crippen LogP contribution in [0.2, 0.25) is 0 Å². The number of nitrogens with one attached hydrogen (secondary N) is 1. The highest BCUT2D eigenvalue weighted by Gasteiger charge is 2.17. The van der Waals surface area contributed by atoms with Crippen molar-refractivity contribution in [1.82, 2.24) is 0 Å². The summed E-state index contributed by atoms with van der Waals surface area (Å²) in [5.41, 5.74) is 0.312. The molecule has 2 rings (SSSR count). The molecule has 1 aromatic heterocycles. The molecule has 2 aromatic rings. The van der Waals surface area contributed by atoms with Crippen molar-refractivity contribution in [3.63, 3.8) is 0 Å². The molecule has 0 saturated heterocycles. The van der Waals surface area contributed by atoms with Crippen LogP contribution < -0.4 is 5.32 Å². The Kier molecular flexibility index (Phi) is 3.82. The van der Waals surface area contributed by atoms with Gasteiger partial charge in [-0.2, -0.15) is 0 Å². The Morgan fingerprint density at radius 2 is 2.11 bits per heavy atom. The molecule has 0 aliphatic rings. The third-order valence-electron chi connectivity index (χ3n) is 2.19. The maximum atomic E-state index is 11.8. The molecule has 0 bridgehead atoms. The van der Waals surface area contributed by atoms with Crippen LogP contribution in [-0.2, 0) is 4.74 Å². The average Bonchev–Trinajstić information content (AvgIpc) is 2.58. The SMILES string of the molecule is CC(C)(C)OC(=O)Nc1cccc2scc(I)c12. The van der Waals surface area contributed by atoms with Crippen LogP contribution >= 0.6 is 33.9 Å². The van der Waals surface area contributed by atoms with Crippen molar-refractivity contribution in [2.45, 2.75) is 26.4 Å². The zero-order valence-electron chi connectivity index (χ0n) is 10.4. The number of anilines is 1. The van der Waals surface area contributed by atoms with Gasteiger partial charge in [-0.1, -0.05) is 6.07 Å². The molecule has 1 amide bonds. The lowest BCUT2D eigenvalue weighted by molar-refractivity contribution is 0.0636. The first-order valence-corrected chi connectivity index (χ1v) is 7.48. The van der Waals surface area contributed by atoms with E-state index in [4.69, 9.17) is 4.74 Å². The van der Waals surface area contributed by atoms with Crippen LogP contribution in [-0.4, -0.2) is 11.7 Å². The lowest BCUT2D eigenvalue weighted by Crippen LogP contribution is -2.27. The van der Waals surface area contributed by atoms with E-state index in [0.29, 0.717) is 0 Å². The average molecular weight is 375 g/mol. The highest BCUT2D eigenvalue weighted by molar-refractivity contribution is 14.1. The summed E-state index contributed by atoms with van der Waals surface area (Å²) < 4.78 is 7.56. The number of hydrogen-bond donors (Lipinski definition) is 1. The van der Waals surface area contributed by atoms with Crippen molar-refractivity contribution < 1.29 is 9.53 Å². The van der Waals surface area contributed by atoms with Crippen molar-refractivity contribution in [2.24, 2.45) is 0 Å². The molecule has 0 atom stereocenters. The number of carbonyl (C=O) groups is 1. The van der Waals surface area contributed by atoms with Crippen LogP contribution in [0.1, 0.15) is 20.8 Å². The van der Waals surface area contributed by atoms with Gasteiger partial charge in [0.25, 0.3) is 0 Å². The summed E-state index contributed by atoms with van der Waals surface area (Å²) in [6, 6.07) is 5.87. The molecule has 1 N–H and O–H groups in total. The Labute approximate surface area is 124 Å². The fourth-order valence-electron chi connectivity index (χ4n) is 1.57. The molecule has 1 heterocycles. The Bertz CT molecular complexity index is 586. The maximum Gasteiger partial charge on any atom is 0.412 e. The molecule has 0 aliphatic heterocycles. The second-order valence-corrected chi connectivity index (χ2v) is 6.96. The monoisotopic (exact) mass is 375 g/mol. The molecule has 0 spiro atoms. The van der Waals surface area contributed by atoms with E-state index >= 15 is 0 Å². The van der Waals surface area contributed by atoms with E-state index in [1.54, 1.807) is 11.3 Å². The number of benzene rings is 1. The van der Waals surface area contributed by atoms with E-state index in [0.717, 1.165) is 19.3 Å². The molecule has 0 unspecified atom stereocenters. The van der Waals surface area contributed by atoms with Gasteiger partial charge in [0, 0.05) is 19.0 Å². The van der Waals surface area contributed by atoms with Crippen molar-refractivity contribution in [3.05, 3.63) is 27.1 Å². The number of halogens is 1. The second-order valence-electron chi connectivity index (χ2n) is 4.89. The molecule has 0 fully saturated rings. The molecule has 1 aromatic carbocycles. The standard InChI is InChI=1S/C13H14INO2S/c1-13(2,3)17-12(16)15-9-5-4-6-10-11(9)8(14)7-18-10/h4-7H,1-3H3,(H,15,16). The lowest BCUT2D eigenvalue weighted by Gasteiger charge is -2.19. The number of thiophene rings is 1. The zero-order valence-corrected chi connectivity index (χ0v) is 13.4. The summed E-state index contributed by atoms with van der Waals surface area (Å²) in [5, 5.41) is 5.96. The normalized spacial score (nSPS) is 11.6. The first-order chi connectivity index (χ1) is 8.37. The highest BCUT2D eigenvalue weighted by Crippen LogP contribution is 2.33. The first-order valence-electron chi connectivity index (χ1n) is 5.52. The Hall–Kier alpha value is -0.820. The van der Waals surface area contributed by atoms with Crippen LogP contribution in [0.4, 0.5) is 10.5 Å². The Morgan fingerprint density at radius 1 is 1.39 bits per heavy atom. The third-order valence-corrected chi connectivity index (χ3v) is 4.41. The van der Waals surface area contributed by atoms with Crippen molar-refractivity contribution in [2.75, 3.05) is 5.32 Å². The van der Waals surface area contributed by atoms with Gasteiger partial charge in [0.15, 0.2) is 0 Å². The number of rotatable bonds is 1. The fourth-order valence-corrected chi connectivity index (χ4v) is 3.56. The van der Waals surface area contributed by atoms with Crippen LogP contribution in [0.15, 0.2) is 23.6 Å². The molecule has 0 saturated carbocycles. The largest absolute Gasteiger partial charge is 0.444 e. The van der Waals surface area contributed by atoms with Gasteiger partial charge in [0.2, 0.25) is 0 Å². The predicted molar refractivity (Wildman–Crippen MR) is 84.4 cm³/mol. The number of amides is 1. The fraction of sp³-hybridized carbons (Fsp3) is 0.308. The minimum atomic E-state index is -0.486. The van der Waals surface area contributed by atoms with Gasteiger partial charge in [-0.25, -0.2) is 4.79 Å². The van der Waals surface area contributed by atoms with E-state index in [1.807, 2.05) is 39.0 Å². The molecule has 0 radical (unpaired) electrons. The third kappa shape index (κ3) is 3.14. The maximum absolute atomic E-state index is 11.8. The second kappa shape index (κ2) is 5.05. The summed E-state index contributed by atoms with van der Waals surface area (Å²) in [4.78, 5) is 11.8. The molecule has 3 nitrogen and oxygen atoms in total. The molecular weight excluding hydrogens is 361 g/mol. The number of carbonyl (C=O) groups excluding carboxylic acids is 1. The zero-order chi connectivity index (χ0) is 13.3. The first kappa shape index (κ1) is 13.6. The quantitative estimate of drug-likeness (QED) is 0.724.